The quantitative estimate of drug-likeness (QED) is 0.892. The van der Waals surface area contributed by atoms with Gasteiger partial charge in [0.25, 0.3) is 0 Å². The number of methoxy groups -OCH3 is 1. The molecule has 0 spiro atoms. The Morgan fingerprint density at radius 2 is 1.86 bits per heavy atom. The van der Waals surface area contributed by atoms with Crippen molar-refractivity contribution in [1.29, 1.82) is 0 Å². The minimum Gasteiger partial charge on any atom is -0.497 e. The van der Waals surface area contributed by atoms with Gasteiger partial charge in [-0.3, -0.25) is 4.68 Å². The molecule has 0 atom stereocenters. The van der Waals surface area contributed by atoms with Gasteiger partial charge in [-0.25, -0.2) is 0 Å². The summed E-state index contributed by atoms with van der Waals surface area (Å²) in [7, 11) is 1.57. The molecule has 0 aliphatic heterocycles. The van der Waals surface area contributed by atoms with Crippen molar-refractivity contribution in [3.63, 3.8) is 0 Å². The van der Waals surface area contributed by atoms with Gasteiger partial charge in [-0.2, -0.15) is 18.3 Å². The zero-order valence-corrected chi connectivity index (χ0v) is 12.1. The molecular weight excluding hydrogens is 297 g/mol. The Morgan fingerprint density at radius 3 is 2.41 bits per heavy atom. The van der Waals surface area contributed by atoms with E-state index in [1.54, 1.807) is 19.2 Å². The van der Waals surface area contributed by atoms with Crippen LogP contribution in [0, 0.1) is 0 Å². The molecule has 2 rings (SSSR count). The fourth-order valence-electron chi connectivity index (χ4n) is 2.16. The lowest BCUT2D eigenvalue weighted by Crippen LogP contribution is -2.11. The summed E-state index contributed by atoms with van der Waals surface area (Å²) in [5.74, 6) is 0.729. The van der Waals surface area contributed by atoms with Gasteiger partial charge < -0.3 is 9.84 Å². The monoisotopic (exact) mass is 314 g/mol. The number of aromatic nitrogens is 2. The largest absolute Gasteiger partial charge is 0.497 e. The first kappa shape index (κ1) is 16.4. The zero-order chi connectivity index (χ0) is 16.2. The molecule has 0 saturated heterocycles. The second-order valence-corrected chi connectivity index (χ2v) is 4.84. The maximum atomic E-state index is 12.9. The summed E-state index contributed by atoms with van der Waals surface area (Å²) in [6.45, 7) is -0.00586. The van der Waals surface area contributed by atoms with E-state index in [1.807, 2.05) is 12.1 Å². The lowest BCUT2D eigenvalue weighted by molar-refractivity contribution is -0.142. The number of aryl methyl sites for hydroxylation is 2. The van der Waals surface area contributed by atoms with Crippen LogP contribution in [0.15, 0.2) is 30.5 Å². The highest BCUT2D eigenvalue weighted by Gasteiger charge is 2.36. The summed E-state index contributed by atoms with van der Waals surface area (Å²) in [6.07, 6.45) is -2.66. The van der Waals surface area contributed by atoms with Gasteiger partial charge in [-0.15, -0.1) is 0 Å². The van der Waals surface area contributed by atoms with Crippen LogP contribution in [0.5, 0.6) is 5.75 Å². The average Bonchev–Trinajstić information content (AvgIpc) is 2.89. The Morgan fingerprint density at radius 1 is 1.18 bits per heavy atom. The van der Waals surface area contributed by atoms with Crippen molar-refractivity contribution in [2.45, 2.75) is 25.6 Å². The molecule has 4 nitrogen and oxygen atoms in total. The smallest absolute Gasteiger partial charge is 0.435 e. The summed E-state index contributed by atoms with van der Waals surface area (Å²) >= 11 is 0. The third-order valence-corrected chi connectivity index (χ3v) is 3.28. The van der Waals surface area contributed by atoms with Gasteiger partial charge in [0, 0.05) is 24.9 Å². The highest BCUT2D eigenvalue weighted by atomic mass is 19.4. The van der Waals surface area contributed by atoms with E-state index in [1.165, 1.54) is 10.9 Å². The molecule has 2 aromatic rings. The molecular formula is C15H17F3N2O2. The van der Waals surface area contributed by atoms with E-state index >= 15 is 0 Å². The number of benzene rings is 1. The first-order chi connectivity index (χ1) is 10.4. The molecule has 0 radical (unpaired) electrons. The molecule has 1 aromatic carbocycles. The van der Waals surface area contributed by atoms with Gasteiger partial charge in [-0.05, 0) is 30.5 Å². The van der Waals surface area contributed by atoms with E-state index in [0.717, 1.165) is 11.3 Å². The Kier molecular flexibility index (Phi) is 5.07. The van der Waals surface area contributed by atoms with E-state index < -0.39 is 11.9 Å². The Hall–Kier alpha value is -2.02. The number of ether oxygens (including phenoxy) is 1. The SMILES string of the molecule is COc1ccc(CCn2cc(CCO)c(C(F)(F)F)n2)cc1. The van der Waals surface area contributed by atoms with E-state index in [-0.39, 0.29) is 18.6 Å². The minimum absolute atomic E-state index is 0.0183. The molecule has 0 bridgehead atoms. The molecule has 0 amide bonds. The van der Waals surface area contributed by atoms with Gasteiger partial charge >= 0.3 is 6.18 Å². The van der Waals surface area contributed by atoms with Crippen LogP contribution in [0.3, 0.4) is 0 Å². The van der Waals surface area contributed by atoms with Crippen molar-refractivity contribution < 1.29 is 23.0 Å². The molecule has 0 unspecified atom stereocenters. The lowest BCUT2D eigenvalue weighted by Gasteiger charge is -2.05. The van der Waals surface area contributed by atoms with E-state index in [4.69, 9.17) is 9.84 Å². The third-order valence-electron chi connectivity index (χ3n) is 3.28. The van der Waals surface area contributed by atoms with Crippen molar-refractivity contribution in [1.82, 2.24) is 9.78 Å². The summed E-state index contributed by atoms with van der Waals surface area (Å²) < 4.78 is 44.9. The average molecular weight is 314 g/mol. The van der Waals surface area contributed by atoms with Crippen molar-refractivity contribution in [2.75, 3.05) is 13.7 Å². The fourth-order valence-corrected chi connectivity index (χ4v) is 2.16. The number of alkyl halides is 3. The molecule has 0 saturated carbocycles. The number of halogens is 3. The molecule has 120 valence electrons. The molecule has 1 N–H and O–H groups in total. The summed E-state index contributed by atoms with van der Waals surface area (Å²) in [5, 5.41) is 12.5. The van der Waals surface area contributed by atoms with Crippen LogP contribution in [0.4, 0.5) is 13.2 Å². The minimum atomic E-state index is -4.50. The normalized spacial score (nSPS) is 11.7. The predicted octanol–water partition coefficient (Wildman–Crippen LogP) is 2.69. The Balaban J connectivity index is 2.09. The summed E-state index contributed by atoms with van der Waals surface area (Å²) in [4.78, 5) is 0. The molecule has 1 heterocycles. The molecule has 0 aliphatic rings. The number of aliphatic hydroxyl groups is 1. The highest BCUT2D eigenvalue weighted by molar-refractivity contribution is 5.27. The van der Waals surface area contributed by atoms with Crippen LogP contribution in [-0.4, -0.2) is 28.6 Å². The molecule has 0 fully saturated rings. The van der Waals surface area contributed by atoms with Crippen molar-refractivity contribution >= 4 is 0 Å². The van der Waals surface area contributed by atoms with Gasteiger partial charge in [0.1, 0.15) is 5.75 Å². The number of hydrogen-bond donors (Lipinski definition) is 1. The first-order valence-electron chi connectivity index (χ1n) is 6.81. The number of aliphatic hydroxyl groups excluding tert-OH is 1. The maximum absolute atomic E-state index is 12.9. The van der Waals surface area contributed by atoms with Gasteiger partial charge in [0.2, 0.25) is 0 Å². The van der Waals surface area contributed by atoms with Crippen LogP contribution in [-0.2, 0) is 25.6 Å². The van der Waals surface area contributed by atoms with Crippen LogP contribution in [0.1, 0.15) is 16.8 Å². The number of rotatable bonds is 6. The highest BCUT2D eigenvalue weighted by Crippen LogP contribution is 2.30. The molecule has 1 aromatic heterocycles. The van der Waals surface area contributed by atoms with Gasteiger partial charge in [0.05, 0.1) is 7.11 Å². The van der Waals surface area contributed by atoms with Crippen molar-refractivity contribution in [3.05, 3.63) is 47.3 Å². The second-order valence-electron chi connectivity index (χ2n) is 4.84. The molecule has 0 aliphatic carbocycles. The molecule has 7 heteroatoms. The van der Waals surface area contributed by atoms with Crippen molar-refractivity contribution in [3.8, 4) is 5.75 Å². The number of nitrogens with zero attached hydrogens (tertiary/aromatic N) is 2. The van der Waals surface area contributed by atoms with Gasteiger partial charge in [0.15, 0.2) is 5.69 Å². The fraction of sp³-hybridized carbons (Fsp3) is 0.400. The maximum Gasteiger partial charge on any atom is 0.435 e. The van der Waals surface area contributed by atoms with E-state index in [2.05, 4.69) is 5.10 Å². The van der Waals surface area contributed by atoms with Crippen molar-refractivity contribution in [2.24, 2.45) is 0 Å². The van der Waals surface area contributed by atoms with E-state index in [0.29, 0.717) is 13.0 Å². The van der Waals surface area contributed by atoms with E-state index in [9.17, 15) is 13.2 Å². The van der Waals surface area contributed by atoms with Crippen LogP contribution in [0.2, 0.25) is 0 Å². The lowest BCUT2D eigenvalue weighted by atomic mass is 10.1. The van der Waals surface area contributed by atoms with Gasteiger partial charge in [-0.1, -0.05) is 12.1 Å². The van der Waals surface area contributed by atoms with Crippen LogP contribution >= 0.6 is 0 Å². The Labute approximate surface area is 126 Å². The molecule has 22 heavy (non-hydrogen) atoms. The number of hydrogen-bond acceptors (Lipinski definition) is 3. The van der Waals surface area contributed by atoms with Crippen LogP contribution in [0.25, 0.3) is 0 Å². The summed E-state index contributed by atoms with van der Waals surface area (Å²) in [5.41, 5.74) is 0.0783. The van der Waals surface area contributed by atoms with Crippen LogP contribution < -0.4 is 4.74 Å². The second kappa shape index (κ2) is 6.83. The Bertz CT molecular complexity index is 606. The third kappa shape index (κ3) is 4.00. The topological polar surface area (TPSA) is 47.3 Å². The summed E-state index contributed by atoms with van der Waals surface area (Å²) in [6, 6.07) is 7.33. The standard InChI is InChI=1S/C15H17F3N2O2/c1-22-13-4-2-11(3-5-13)6-8-20-10-12(7-9-21)14(19-20)15(16,17)18/h2-5,10,21H,6-9H2,1H3. The predicted molar refractivity (Wildman–Crippen MR) is 74.7 cm³/mol. The first-order valence-corrected chi connectivity index (χ1v) is 6.81. The zero-order valence-electron chi connectivity index (χ0n) is 12.1.